The summed E-state index contributed by atoms with van der Waals surface area (Å²) < 4.78 is 23.8. The lowest BCUT2D eigenvalue weighted by molar-refractivity contribution is -0.137. The summed E-state index contributed by atoms with van der Waals surface area (Å²) in [6.45, 7) is 10.0. The van der Waals surface area contributed by atoms with Gasteiger partial charge in [0.05, 0.1) is 62.0 Å². The summed E-state index contributed by atoms with van der Waals surface area (Å²) in [6, 6.07) is 20.2. The van der Waals surface area contributed by atoms with Crippen LogP contribution in [-0.4, -0.2) is 165 Å². The predicted octanol–water partition coefficient (Wildman–Crippen LogP) is 7.32. The van der Waals surface area contributed by atoms with Gasteiger partial charge >= 0.3 is 0 Å². The Kier molecular flexibility index (Phi) is 18.2. The van der Waals surface area contributed by atoms with Crippen LogP contribution in [0.4, 0.5) is 22.7 Å². The molecule has 4 aromatic rings. The van der Waals surface area contributed by atoms with Crippen LogP contribution in [0.5, 0.6) is 23.0 Å². The number of nitrogens with zero attached hydrogens (tertiary/aromatic N) is 7. The van der Waals surface area contributed by atoms with Gasteiger partial charge in [-0.3, -0.25) is 48.4 Å². The summed E-state index contributed by atoms with van der Waals surface area (Å²) in [5, 5.41) is 8.35. The van der Waals surface area contributed by atoms with Gasteiger partial charge in [-0.1, -0.05) is 44.5 Å². The van der Waals surface area contributed by atoms with Gasteiger partial charge in [-0.15, -0.1) is 0 Å². The van der Waals surface area contributed by atoms with Gasteiger partial charge in [0, 0.05) is 119 Å². The molecule has 6 aliphatic heterocycles. The SMILES string of the molecule is COc1cc2c(cc1OCCCOc1cc3c(cc1OC)C(=O)N1C=C(c4ccc(N5CCN(C)CC5)cc4)CC1C=N3)N=CC1CC(c3ccc(NC(=O)C(C)NC(=O)C(NC(=O)CCCCCN4C(=O)C=CC4=O)C(C)C)cc3)=CN1C2=O. The number of fused-ring (bicyclic) bond motifs is 4. The van der Waals surface area contributed by atoms with E-state index in [2.05, 4.69) is 57.1 Å². The van der Waals surface area contributed by atoms with Crippen molar-refractivity contribution in [3.63, 3.8) is 0 Å². The van der Waals surface area contributed by atoms with Crippen LogP contribution in [0.3, 0.4) is 0 Å². The molecule has 21 heteroatoms. The van der Waals surface area contributed by atoms with Crippen molar-refractivity contribution < 1.29 is 52.5 Å². The number of likely N-dealkylation sites (N-methyl/N-ethyl adjacent to an activating group) is 1. The van der Waals surface area contributed by atoms with Crippen LogP contribution < -0.4 is 39.8 Å². The standard InChI is InChI=1S/C64H72N10O11/c1-39(2)60(69-57(75)11-8-7-9-22-72-58(76)20-21-59(72)77)62(79)67-40(3)61(78)68-45-16-12-41(13-17-45)43-29-47-35-65-51-33-55(53(82-5)31-49(51)63(80)73(47)37-43)84-27-10-28-85-56-34-52-50(32-54(56)83-6)64(81)74-38-44(30-48(74)36-66-52)42-14-18-46(19-15-42)71-25-23-70(4)24-26-71/h12-21,31-40,47-48,60H,7-11,22-30H2,1-6H3,(H,67,79)(H,68,78)(H,69,75). The Balaban J connectivity index is 0.682. The van der Waals surface area contributed by atoms with Crippen LogP contribution in [0.25, 0.3) is 11.1 Å². The van der Waals surface area contributed by atoms with Crippen LogP contribution >= 0.6 is 0 Å². The zero-order chi connectivity index (χ0) is 59.9. The van der Waals surface area contributed by atoms with Crippen LogP contribution in [0, 0.1) is 5.92 Å². The molecule has 0 saturated carbocycles. The highest BCUT2D eigenvalue weighted by atomic mass is 16.5. The molecule has 7 amide bonds. The molecule has 10 rings (SSSR count). The molecule has 0 spiro atoms. The molecule has 6 heterocycles. The quantitative estimate of drug-likeness (QED) is 0.0489. The smallest absolute Gasteiger partial charge is 0.260 e. The summed E-state index contributed by atoms with van der Waals surface area (Å²) >= 11 is 0. The topological polar surface area (TPSA) is 233 Å². The van der Waals surface area contributed by atoms with E-state index in [-0.39, 0.29) is 73.7 Å². The Bertz CT molecular complexity index is 3380. The molecule has 3 N–H and O–H groups in total. The van der Waals surface area contributed by atoms with E-state index < -0.39 is 23.9 Å². The van der Waals surface area contributed by atoms with Crippen molar-refractivity contribution in [3.05, 3.63) is 120 Å². The van der Waals surface area contributed by atoms with Gasteiger partial charge in [-0.2, -0.15) is 0 Å². The van der Waals surface area contributed by atoms with Crippen LogP contribution in [0.15, 0.2) is 107 Å². The maximum atomic E-state index is 14.2. The summed E-state index contributed by atoms with van der Waals surface area (Å²) in [6.07, 6.45) is 13.3. The molecule has 1 saturated heterocycles. The number of carbonyl (C=O) groups is 7. The minimum Gasteiger partial charge on any atom is -0.493 e. The molecule has 21 nitrogen and oxygen atoms in total. The number of imide groups is 1. The van der Waals surface area contributed by atoms with Crippen molar-refractivity contribution in [2.45, 2.75) is 89.9 Å². The first-order chi connectivity index (χ1) is 41.0. The summed E-state index contributed by atoms with van der Waals surface area (Å²) in [5.41, 5.74) is 7.33. The van der Waals surface area contributed by atoms with E-state index in [4.69, 9.17) is 28.9 Å². The van der Waals surface area contributed by atoms with Crippen LogP contribution in [-0.2, 0) is 24.0 Å². The third kappa shape index (κ3) is 13.5. The molecule has 4 atom stereocenters. The second kappa shape index (κ2) is 26.2. The zero-order valence-electron chi connectivity index (χ0n) is 48.8. The van der Waals surface area contributed by atoms with Gasteiger partial charge in [0.25, 0.3) is 23.6 Å². The molecule has 0 aromatic heterocycles. The Morgan fingerprint density at radius 3 is 1.67 bits per heavy atom. The fraction of sp³-hybridized carbons (Fsp3) is 0.391. The molecule has 6 aliphatic rings. The lowest BCUT2D eigenvalue weighted by Crippen LogP contribution is -2.53. The number of anilines is 2. The number of hydrogen-bond donors (Lipinski definition) is 3. The minimum atomic E-state index is -0.925. The molecular formula is C64H72N10O11. The van der Waals surface area contributed by atoms with Crippen molar-refractivity contribution in [1.29, 1.82) is 0 Å². The fourth-order valence-electron chi connectivity index (χ4n) is 11.1. The second-order valence-electron chi connectivity index (χ2n) is 22.3. The third-order valence-electron chi connectivity index (χ3n) is 16.1. The molecule has 4 unspecified atom stereocenters. The highest BCUT2D eigenvalue weighted by Crippen LogP contribution is 2.42. The summed E-state index contributed by atoms with van der Waals surface area (Å²) in [5.74, 6) is -0.961. The normalized spacial score (nSPS) is 18.7. The largest absolute Gasteiger partial charge is 0.493 e. The van der Waals surface area contributed by atoms with E-state index in [9.17, 15) is 33.6 Å². The third-order valence-corrected chi connectivity index (χ3v) is 16.1. The lowest BCUT2D eigenvalue weighted by Gasteiger charge is -2.34. The molecule has 4 aromatic carbocycles. The number of amides is 7. The minimum absolute atomic E-state index is 0.161. The van der Waals surface area contributed by atoms with Crippen molar-refractivity contribution >= 4 is 87.7 Å². The van der Waals surface area contributed by atoms with E-state index in [1.165, 1.54) is 37.0 Å². The molecule has 444 valence electrons. The first kappa shape index (κ1) is 59.1. The first-order valence-corrected chi connectivity index (χ1v) is 29.0. The van der Waals surface area contributed by atoms with Gasteiger partial charge in [0.2, 0.25) is 17.7 Å². The first-order valence-electron chi connectivity index (χ1n) is 29.0. The van der Waals surface area contributed by atoms with Crippen LogP contribution in [0.2, 0.25) is 0 Å². The predicted molar refractivity (Wildman–Crippen MR) is 323 cm³/mol. The van der Waals surface area contributed by atoms with Gasteiger partial charge in [0.15, 0.2) is 23.0 Å². The molecule has 1 fully saturated rings. The monoisotopic (exact) mass is 1160 g/mol. The number of methoxy groups -OCH3 is 2. The lowest BCUT2D eigenvalue weighted by atomic mass is 10.0. The second-order valence-corrected chi connectivity index (χ2v) is 22.3. The number of benzene rings is 4. The van der Waals surface area contributed by atoms with Crippen molar-refractivity contribution in [1.82, 2.24) is 30.2 Å². The molecule has 0 bridgehead atoms. The molecule has 0 aliphatic carbocycles. The number of carbonyl (C=O) groups excluding carboxylic acids is 7. The molecular weight excluding hydrogens is 1080 g/mol. The number of unbranched alkanes of at least 4 members (excludes halogenated alkanes) is 2. The van der Waals surface area contributed by atoms with E-state index in [1.807, 2.05) is 30.7 Å². The average molecular weight is 1160 g/mol. The fourth-order valence-corrected chi connectivity index (χ4v) is 11.1. The average Bonchev–Trinajstić information content (AvgIpc) is 2.83. The van der Waals surface area contributed by atoms with Gasteiger partial charge in [0.1, 0.15) is 12.1 Å². The molecule has 85 heavy (non-hydrogen) atoms. The van der Waals surface area contributed by atoms with E-state index >= 15 is 0 Å². The Hall–Kier alpha value is -9.11. The van der Waals surface area contributed by atoms with E-state index in [1.54, 1.807) is 73.2 Å². The Morgan fingerprint density at radius 1 is 0.624 bits per heavy atom. The van der Waals surface area contributed by atoms with Gasteiger partial charge < -0.3 is 54.5 Å². The number of ether oxygens (including phenoxy) is 4. The number of aliphatic imine (C=N–C) groups is 2. The Labute approximate surface area is 494 Å². The number of piperazine rings is 1. The summed E-state index contributed by atoms with van der Waals surface area (Å²) in [4.78, 5) is 110. The Morgan fingerprint density at radius 2 is 1.15 bits per heavy atom. The van der Waals surface area contributed by atoms with E-state index in [0.717, 1.165) is 48.5 Å². The van der Waals surface area contributed by atoms with Crippen LogP contribution in [0.1, 0.15) is 97.6 Å². The maximum absolute atomic E-state index is 14.2. The highest BCUT2D eigenvalue weighted by Gasteiger charge is 2.36. The zero-order valence-corrected chi connectivity index (χ0v) is 48.8. The van der Waals surface area contributed by atoms with Crippen molar-refractivity contribution in [2.75, 3.05) is 77.4 Å². The maximum Gasteiger partial charge on any atom is 0.260 e. The van der Waals surface area contributed by atoms with Crippen molar-refractivity contribution in [3.8, 4) is 23.0 Å². The highest BCUT2D eigenvalue weighted by molar-refractivity contribution is 6.13. The van der Waals surface area contributed by atoms with Gasteiger partial charge in [-0.05, 0) is 91.4 Å². The van der Waals surface area contributed by atoms with Crippen molar-refractivity contribution in [2.24, 2.45) is 15.9 Å². The number of rotatable bonds is 23. The van der Waals surface area contributed by atoms with E-state index in [0.29, 0.717) is 89.7 Å². The summed E-state index contributed by atoms with van der Waals surface area (Å²) in [7, 11) is 5.20. The number of nitrogens with one attached hydrogen (secondary N) is 3. The molecule has 0 radical (unpaired) electrons. The van der Waals surface area contributed by atoms with Gasteiger partial charge in [-0.25, -0.2) is 0 Å². The number of hydrogen-bond acceptors (Lipinski definition) is 15.